The fourth-order valence-electron chi connectivity index (χ4n) is 3.25. The minimum atomic E-state index is -6.76. The predicted octanol–water partition coefficient (Wildman–Crippen LogP) is 4.19. The Bertz CT molecular complexity index is 1060. The summed E-state index contributed by atoms with van der Waals surface area (Å²) >= 11 is 0. The van der Waals surface area contributed by atoms with Crippen LogP contribution in [0.25, 0.3) is 0 Å². The van der Waals surface area contributed by atoms with E-state index in [1.165, 1.54) is 54.6 Å². The van der Waals surface area contributed by atoms with Crippen LogP contribution in [0.4, 0.5) is 30.7 Å². The van der Waals surface area contributed by atoms with E-state index >= 15 is 0 Å². The zero-order valence-corrected chi connectivity index (χ0v) is 16.8. The van der Waals surface area contributed by atoms with Gasteiger partial charge in [-0.15, -0.1) is 0 Å². The van der Waals surface area contributed by atoms with E-state index in [1.54, 1.807) is 6.92 Å². The van der Waals surface area contributed by atoms with E-state index in [-0.39, 0.29) is 11.1 Å². The number of nitrogens with zero attached hydrogens (tertiary/aromatic N) is 2. The third-order valence-electron chi connectivity index (χ3n) is 5.18. The number of carbonyl (C=O) groups is 1. The lowest BCUT2D eigenvalue weighted by atomic mass is 9.91. The number of rotatable bonds is 5. The molecule has 1 amide bonds. The molecule has 12 heteroatoms. The van der Waals surface area contributed by atoms with Gasteiger partial charge in [-0.05, 0) is 18.1 Å². The Labute approximate surface area is 182 Å². The number of carbonyl (C=O) groups excluding carboxylic acids is 1. The second kappa shape index (κ2) is 8.10. The summed E-state index contributed by atoms with van der Waals surface area (Å²) in [7, 11) is 0. The molecule has 0 aromatic heterocycles. The number of hydrogen-bond donors (Lipinski definition) is 2. The molecule has 2 atom stereocenters. The lowest BCUT2D eigenvalue weighted by Crippen LogP contribution is -2.69. The highest BCUT2D eigenvalue weighted by molar-refractivity contribution is 6.04. The quantitative estimate of drug-likeness (QED) is 0.634. The van der Waals surface area contributed by atoms with Gasteiger partial charge in [0.15, 0.2) is 6.10 Å². The zero-order chi connectivity index (χ0) is 24.8. The van der Waals surface area contributed by atoms with Crippen LogP contribution in [0.1, 0.15) is 29.2 Å². The van der Waals surface area contributed by atoms with Gasteiger partial charge in [-0.25, -0.2) is 0 Å². The molecule has 2 aromatic rings. The van der Waals surface area contributed by atoms with Gasteiger partial charge in [-0.3, -0.25) is 4.79 Å². The molecule has 0 unspecified atom stereocenters. The number of aryl methyl sites for hydroxylation is 1. The SMILES string of the molecule is Cc1ccc(C2=NN(C(=O)[C@@H](O)c3ccccc3)[C@](O)(C(F)(F)C(F)(F)C(F)(F)F)C2)cc1. The number of aliphatic hydroxyl groups is 2. The number of amides is 1. The minimum absolute atomic E-state index is 0.00495. The second-order valence-corrected chi connectivity index (χ2v) is 7.52. The number of benzene rings is 2. The Kier molecular flexibility index (Phi) is 6.05. The van der Waals surface area contributed by atoms with Crippen molar-refractivity contribution >= 4 is 11.6 Å². The van der Waals surface area contributed by atoms with E-state index in [0.717, 1.165) is 0 Å². The van der Waals surface area contributed by atoms with Crippen LogP contribution in [0, 0.1) is 6.92 Å². The molecule has 178 valence electrons. The smallest absolute Gasteiger partial charge is 0.378 e. The topological polar surface area (TPSA) is 73.1 Å². The Morgan fingerprint density at radius 1 is 1.00 bits per heavy atom. The highest BCUT2D eigenvalue weighted by Gasteiger charge is 2.82. The Balaban J connectivity index is 2.13. The first-order chi connectivity index (χ1) is 15.1. The maximum absolute atomic E-state index is 14.7. The van der Waals surface area contributed by atoms with E-state index < -0.39 is 52.9 Å². The fourth-order valence-corrected chi connectivity index (χ4v) is 3.25. The van der Waals surface area contributed by atoms with Crippen molar-refractivity contribution in [1.29, 1.82) is 0 Å². The zero-order valence-electron chi connectivity index (χ0n) is 16.8. The Hall–Kier alpha value is -2.99. The highest BCUT2D eigenvalue weighted by atomic mass is 19.4. The van der Waals surface area contributed by atoms with Crippen molar-refractivity contribution in [3.8, 4) is 0 Å². The van der Waals surface area contributed by atoms with Gasteiger partial charge < -0.3 is 10.2 Å². The maximum atomic E-state index is 14.7. The van der Waals surface area contributed by atoms with Gasteiger partial charge in [0.1, 0.15) is 0 Å². The summed E-state index contributed by atoms with van der Waals surface area (Å²) in [6.07, 6.45) is -10.6. The number of hydrogen-bond acceptors (Lipinski definition) is 4. The molecule has 1 aliphatic rings. The molecule has 0 fully saturated rings. The van der Waals surface area contributed by atoms with Crippen molar-refractivity contribution in [3.05, 3.63) is 71.3 Å². The van der Waals surface area contributed by atoms with Crippen LogP contribution >= 0.6 is 0 Å². The second-order valence-electron chi connectivity index (χ2n) is 7.52. The summed E-state index contributed by atoms with van der Waals surface area (Å²) in [6.45, 7) is 1.67. The molecule has 0 saturated heterocycles. The van der Waals surface area contributed by atoms with Crippen LogP contribution < -0.4 is 0 Å². The van der Waals surface area contributed by atoms with Gasteiger partial charge in [0, 0.05) is 6.42 Å². The summed E-state index contributed by atoms with van der Waals surface area (Å²) < 4.78 is 95.7. The van der Waals surface area contributed by atoms with Crippen LogP contribution in [0.15, 0.2) is 59.7 Å². The molecule has 0 radical (unpaired) electrons. The lowest BCUT2D eigenvalue weighted by Gasteiger charge is -2.41. The summed E-state index contributed by atoms with van der Waals surface area (Å²) in [5.41, 5.74) is -4.47. The van der Waals surface area contributed by atoms with Crippen molar-refractivity contribution in [2.45, 2.75) is 43.2 Å². The molecule has 3 rings (SSSR count). The molecule has 2 N–H and O–H groups in total. The molecule has 5 nitrogen and oxygen atoms in total. The highest BCUT2D eigenvalue weighted by Crippen LogP contribution is 2.55. The fraction of sp³-hybridized carbons (Fsp3) is 0.333. The first kappa shape index (κ1) is 24.6. The van der Waals surface area contributed by atoms with Crippen LogP contribution in [0.2, 0.25) is 0 Å². The molecule has 0 aliphatic carbocycles. The minimum Gasteiger partial charge on any atom is -0.378 e. The average molecular weight is 478 g/mol. The van der Waals surface area contributed by atoms with Crippen LogP contribution in [-0.2, 0) is 4.79 Å². The molecule has 1 aliphatic heterocycles. The Morgan fingerprint density at radius 3 is 2.06 bits per heavy atom. The van der Waals surface area contributed by atoms with Gasteiger partial charge in [0.2, 0.25) is 5.72 Å². The van der Waals surface area contributed by atoms with E-state index in [4.69, 9.17) is 0 Å². The first-order valence-electron chi connectivity index (χ1n) is 9.40. The van der Waals surface area contributed by atoms with Crippen LogP contribution in [0.5, 0.6) is 0 Å². The largest absolute Gasteiger partial charge is 0.460 e. The van der Waals surface area contributed by atoms with Crippen molar-refractivity contribution in [2.75, 3.05) is 0 Å². The van der Waals surface area contributed by atoms with Crippen molar-refractivity contribution in [1.82, 2.24) is 5.01 Å². The standard InChI is InChI=1S/C21H17F7N2O3/c1-12-7-9-13(10-8-12)15-11-18(33,19(22,23)20(24,25)21(26,27)28)30(29-15)17(32)16(31)14-5-3-2-4-6-14/h2-10,16,31,33H,11H2,1H3/t16-,18+/m0/s1. The number of halogens is 7. The normalized spacial score (nSPS) is 20.5. The Morgan fingerprint density at radius 2 is 1.55 bits per heavy atom. The molecule has 0 bridgehead atoms. The molecule has 1 heterocycles. The molecule has 0 spiro atoms. The van der Waals surface area contributed by atoms with Crippen molar-refractivity contribution in [2.24, 2.45) is 5.10 Å². The third-order valence-corrected chi connectivity index (χ3v) is 5.18. The number of aliphatic hydroxyl groups excluding tert-OH is 1. The molecule has 0 saturated carbocycles. The molecular weight excluding hydrogens is 461 g/mol. The summed E-state index contributed by atoms with van der Waals surface area (Å²) in [4.78, 5) is 12.8. The third kappa shape index (κ3) is 3.97. The van der Waals surface area contributed by atoms with Gasteiger partial charge in [-0.2, -0.15) is 40.8 Å². The van der Waals surface area contributed by atoms with Crippen LogP contribution in [-0.4, -0.2) is 50.6 Å². The van der Waals surface area contributed by atoms with E-state index in [1.807, 2.05) is 0 Å². The van der Waals surface area contributed by atoms with Crippen molar-refractivity contribution in [3.63, 3.8) is 0 Å². The predicted molar refractivity (Wildman–Crippen MR) is 101 cm³/mol. The van der Waals surface area contributed by atoms with E-state index in [2.05, 4.69) is 5.10 Å². The summed E-state index contributed by atoms with van der Waals surface area (Å²) in [6, 6.07) is 12.1. The summed E-state index contributed by atoms with van der Waals surface area (Å²) in [5.74, 6) is -14.8. The molecule has 33 heavy (non-hydrogen) atoms. The van der Waals surface area contributed by atoms with Gasteiger partial charge in [-0.1, -0.05) is 60.2 Å². The van der Waals surface area contributed by atoms with E-state index in [9.17, 15) is 45.7 Å². The van der Waals surface area contributed by atoms with Gasteiger partial charge in [0.25, 0.3) is 5.91 Å². The van der Waals surface area contributed by atoms with E-state index in [0.29, 0.717) is 5.56 Å². The van der Waals surface area contributed by atoms with Gasteiger partial charge >= 0.3 is 18.0 Å². The maximum Gasteiger partial charge on any atom is 0.460 e. The molecular formula is C21H17F7N2O3. The van der Waals surface area contributed by atoms with Gasteiger partial charge in [0.05, 0.1) is 5.71 Å². The summed E-state index contributed by atoms with van der Waals surface area (Å²) in [5, 5.41) is 23.7. The average Bonchev–Trinajstić information content (AvgIpc) is 3.12. The monoisotopic (exact) mass is 478 g/mol. The number of hydrazone groups is 1. The first-order valence-corrected chi connectivity index (χ1v) is 9.40. The van der Waals surface area contributed by atoms with Crippen molar-refractivity contribution < 1.29 is 45.7 Å². The molecule has 2 aromatic carbocycles. The van der Waals surface area contributed by atoms with Crippen LogP contribution in [0.3, 0.4) is 0 Å². The number of alkyl halides is 7. The lowest BCUT2D eigenvalue weighted by molar-refractivity contribution is -0.401.